The lowest BCUT2D eigenvalue weighted by atomic mass is 10.1. The molecular formula is C21H18N4S. The highest BCUT2D eigenvalue weighted by Gasteiger charge is 2.21. The number of benzene rings is 2. The number of fused-ring (bicyclic) bond motifs is 2. The van der Waals surface area contributed by atoms with Crippen molar-refractivity contribution in [3.8, 4) is 0 Å². The van der Waals surface area contributed by atoms with Gasteiger partial charge in [0.25, 0.3) is 0 Å². The van der Waals surface area contributed by atoms with E-state index in [1.165, 1.54) is 16.0 Å². The summed E-state index contributed by atoms with van der Waals surface area (Å²) in [4.78, 5) is 6.98. The molecule has 4 aromatic rings. The smallest absolute Gasteiger partial charge is 0.243 e. The Bertz CT molecular complexity index is 1030. The standard InChI is InChI=1S/C21H18N4S/c1-2-8-18(9-3-1)26-19-10-11-20-23-21(24-25(20)14-19)22-17-12-15-6-4-5-7-16(15)13-17/h1-11,14,17H,12-13H2,(H,22,24). The van der Waals surface area contributed by atoms with Gasteiger partial charge in [0, 0.05) is 22.0 Å². The molecule has 5 heteroatoms. The van der Waals surface area contributed by atoms with Crippen LogP contribution in [0.1, 0.15) is 11.1 Å². The Labute approximate surface area is 156 Å². The summed E-state index contributed by atoms with van der Waals surface area (Å²) in [6.07, 6.45) is 4.09. The summed E-state index contributed by atoms with van der Waals surface area (Å²) in [5, 5.41) is 8.12. The molecule has 0 spiro atoms. The molecular weight excluding hydrogens is 340 g/mol. The third kappa shape index (κ3) is 3.06. The van der Waals surface area contributed by atoms with Crippen molar-refractivity contribution < 1.29 is 0 Å². The van der Waals surface area contributed by atoms with E-state index < -0.39 is 0 Å². The van der Waals surface area contributed by atoms with Crippen LogP contribution in [0.15, 0.2) is 82.7 Å². The molecule has 2 heterocycles. The lowest BCUT2D eigenvalue weighted by molar-refractivity contribution is 0.760. The number of rotatable bonds is 4. The molecule has 0 saturated heterocycles. The normalized spacial score (nSPS) is 13.8. The molecule has 128 valence electrons. The first-order valence-electron chi connectivity index (χ1n) is 8.76. The molecule has 0 fully saturated rings. The van der Waals surface area contributed by atoms with Gasteiger partial charge in [-0.25, -0.2) is 4.52 Å². The average Bonchev–Trinajstić information content (AvgIpc) is 3.25. The summed E-state index contributed by atoms with van der Waals surface area (Å²) in [6, 6.07) is 23.5. The number of pyridine rings is 1. The highest BCUT2D eigenvalue weighted by atomic mass is 32.2. The second-order valence-corrected chi connectivity index (χ2v) is 7.68. The number of hydrogen-bond donors (Lipinski definition) is 1. The third-order valence-corrected chi connectivity index (χ3v) is 5.65. The van der Waals surface area contributed by atoms with Crippen LogP contribution in [0.2, 0.25) is 0 Å². The third-order valence-electron chi connectivity index (χ3n) is 4.67. The zero-order chi connectivity index (χ0) is 17.3. The minimum absolute atomic E-state index is 0.364. The number of anilines is 1. The van der Waals surface area contributed by atoms with Crippen molar-refractivity contribution in [1.29, 1.82) is 0 Å². The van der Waals surface area contributed by atoms with Crippen LogP contribution in [0.3, 0.4) is 0 Å². The Morgan fingerprint density at radius 2 is 1.58 bits per heavy atom. The van der Waals surface area contributed by atoms with Crippen LogP contribution in [0.4, 0.5) is 5.95 Å². The van der Waals surface area contributed by atoms with Crippen LogP contribution in [-0.4, -0.2) is 20.6 Å². The van der Waals surface area contributed by atoms with Gasteiger partial charge in [-0.2, -0.15) is 4.98 Å². The maximum absolute atomic E-state index is 4.62. The van der Waals surface area contributed by atoms with E-state index in [9.17, 15) is 0 Å². The van der Waals surface area contributed by atoms with Crippen LogP contribution in [-0.2, 0) is 12.8 Å². The van der Waals surface area contributed by atoms with Crippen molar-refractivity contribution in [2.45, 2.75) is 28.7 Å². The van der Waals surface area contributed by atoms with Crippen molar-refractivity contribution in [1.82, 2.24) is 14.6 Å². The van der Waals surface area contributed by atoms with E-state index in [0.29, 0.717) is 12.0 Å². The summed E-state index contributed by atoms with van der Waals surface area (Å²) >= 11 is 1.73. The van der Waals surface area contributed by atoms with E-state index in [2.05, 4.69) is 70.0 Å². The van der Waals surface area contributed by atoms with Crippen LogP contribution >= 0.6 is 11.8 Å². The van der Waals surface area contributed by atoms with Crippen molar-refractivity contribution >= 4 is 23.4 Å². The van der Waals surface area contributed by atoms with Gasteiger partial charge in [0.05, 0.1) is 0 Å². The summed E-state index contributed by atoms with van der Waals surface area (Å²) in [5.41, 5.74) is 3.71. The van der Waals surface area contributed by atoms with Gasteiger partial charge in [-0.15, -0.1) is 5.10 Å². The number of aromatic nitrogens is 3. The second kappa shape index (κ2) is 6.50. The first kappa shape index (κ1) is 15.5. The predicted molar refractivity (Wildman–Crippen MR) is 105 cm³/mol. The molecule has 2 aromatic carbocycles. The predicted octanol–water partition coefficient (Wildman–Crippen LogP) is 4.46. The fourth-order valence-corrected chi connectivity index (χ4v) is 4.31. The zero-order valence-electron chi connectivity index (χ0n) is 14.2. The molecule has 0 saturated carbocycles. The molecule has 0 bridgehead atoms. The first-order valence-corrected chi connectivity index (χ1v) is 9.58. The minimum Gasteiger partial charge on any atom is -0.350 e. The summed E-state index contributed by atoms with van der Waals surface area (Å²) in [6.45, 7) is 0. The second-order valence-electron chi connectivity index (χ2n) is 6.54. The Morgan fingerprint density at radius 1 is 0.846 bits per heavy atom. The van der Waals surface area contributed by atoms with Crippen molar-refractivity contribution in [3.05, 3.63) is 84.1 Å². The molecule has 1 aliphatic rings. The fourth-order valence-electron chi connectivity index (χ4n) is 3.45. The Hall–Kier alpha value is -2.79. The number of nitrogens with zero attached hydrogens (tertiary/aromatic N) is 3. The van der Waals surface area contributed by atoms with Gasteiger partial charge in [0.1, 0.15) is 0 Å². The molecule has 26 heavy (non-hydrogen) atoms. The Morgan fingerprint density at radius 3 is 2.35 bits per heavy atom. The molecule has 0 atom stereocenters. The molecule has 2 aromatic heterocycles. The van der Waals surface area contributed by atoms with E-state index in [4.69, 9.17) is 0 Å². The van der Waals surface area contributed by atoms with E-state index in [0.717, 1.165) is 23.4 Å². The molecule has 5 rings (SSSR count). The van der Waals surface area contributed by atoms with Crippen molar-refractivity contribution in [2.24, 2.45) is 0 Å². The van der Waals surface area contributed by atoms with E-state index in [1.807, 2.05) is 22.8 Å². The quantitative estimate of drug-likeness (QED) is 0.585. The molecule has 4 nitrogen and oxygen atoms in total. The SMILES string of the molecule is c1ccc(Sc2ccc3nc(NC4Cc5ccccc5C4)nn3c2)cc1. The van der Waals surface area contributed by atoms with E-state index in [1.54, 1.807) is 11.8 Å². The Balaban J connectivity index is 1.34. The topological polar surface area (TPSA) is 42.2 Å². The number of hydrogen-bond acceptors (Lipinski definition) is 4. The number of nitrogens with one attached hydrogen (secondary N) is 1. The van der Waals surface area contributed by atoms with Crippen LogP contribution in [0.25, 0.3) is 5.65 Å². The summed E-state index contributed by atoms with van der Waals surface area (Å²) in [7, 11) is 0. The largest absolute Gasteiger partial charge is 0.350 e. The maximum atomic E-state index is 4.62. The van der Waals surface area contributed by atoms with Gasteiger partial charge >= 0.3 is 0 Å². The van der Waals surface area contributed by atoms with Gasteiger partial charge in [-0.1, -0.05) is 54.2 Å². The summed E-state index contributed by atoms with van der Waals surface area (Å²) in [5.74, 6) is 0.699. The molecule has 0 amide bonds. The van der Waals surface area contributed by atoms with E-state index in [-0.39, 0.29) is 0 Å². The average molecular weight is 358 g/mol. The van der Waals surface area contributed by atoms with E-state index >= 15 is 0 Å². The fraction of sp³-hybridized carbons (Fsp3) is 0.143. The lowest BCUT2D eigenvalue weighted by Gasteiger charge is -2.08. The Kier molecular flexibility index (Phi) is 3.87. The lowest BCUT2D eigenvalue weighted by Crippen LogP contribution is -2.20. The monoisotopic (exact) mass is 358 g/mol. The molecule has 1 N–H and O–H groups in total. The van der Waals surface area contributed by atoms with Gasteiger partial charge in [0.2, 0.25) is 5.95 Å². The molecule has 1 aliphatic carbocycles. The van der Waals surface area contributed by atoms with Gasteiger partial charge < -0.3 is 5.32 Å². The highest BCUT2D eigenvalue weighted by Crippen LogP contribution is 2.28. The maximum Gasteiger partial charge on any atom is 0.243 e. The first-order chi connectivity index (χ1) is 12.8. The zero-order valence-corrected chi connectivity index (χ0v) is 15.0. The van der Waals surface area contributed by atoms with Crippen LogP contribution in [0, 0.1) is 0 Å². The van der Waals surface area contributed by atoms with Crippen LogP contribution in [0.5, 0.6) is 0 Å². The molecule has 0 aliphatic heterocycles. The molecule has 0 radical (unpaired) electrons. The molecule has 0 unspecified atom stereocenters. The van der Waals surface area contributed by atoms with Crippen LogP contribution < -0.4 is 5.32 Å². The summed E-state index contributed by atoms with van der Waals surface area (Å²) < 4.78 is 1.86. The minimum atomic E-state index is 0.364. The highest BCUT2D eigenvalue weighted by molar-refractivity contribution is 7.99. The van der Waals surface area contributed by atoms with Gasteiger partial charge in [-0.3, -0.25) is 0 Å². The van der Waals surface area contributed by atoms with Crippen molar-refractivity contribution in [2.75, 3.05) is 5.32 Å². The van der Waals surface area contributed by atoms with Gasteiger partial charge in [0.15, 0.2) is 5.65 Å². The van der Waals surface area contributed by atoms with Gasteiger partial charge in [-0.05, 0) is 48.2 Å². The van der Waals surface area contributed by atoms with Crippen molar-refractivity contribution in [3.63, 3.8) is 0 Å².